The van der Waals surface area contributed by atoms with Crippen LogP contribution in [0.3, 0.4) is 0 Å². The van der Waals surface area contributed by atoms with Crippen molar-refractivity contribution in [2.75, 3.05) is 44.2 Å². The number of piperazine rings is 1. The highest BCUT2D eigenvalue weighted by Gasteiger charge is 2.19. The molecule has 2 aliphatic rings. The van der Waals surface area contributed by atoms with Gasteiger partial charge in [0, 0.05) is 44.6 Å². The molecule has 2 aliphatic heterocycles. The van der Waals surface area contributed by atoms with Gasteiger partial charge in [-0.15, -0.1) is 36.2 Å². The van der Waals surface area contributed by atoms with Crippen molar-refractivity contribution in [1.82, 2.24) is 20.7 Å². The number of carbonyl (C=O) groups excluding carboxylic acids is 1. The Kier molecular flexibility index (Phi) is 7.69. The molecule has 0 unspecified atom stereocenters. The first-order valence-corrected chi connectivity index (χ1v) is 7.68. The number of nitrogens with zero attached hydrogens (tertiary/aromatic N) is 3. The van der Waals surface area contributed by atoms with Crippen LogP contribution in [0.15, 0.2) is 5.38 Å². The largest absolute Gasteiger partial charge is 0.346 e. The van der Waals surface area contributed by atoms with Crippen molar-refractivity contribution in [2.45, 2.75) is 12.8 Å². The average molecular weight is 354 g/mol. The van der Waals surface area contributed by atoms with Crippen LogP contribution in [0.4, 0.5) is 5.13 Å². The summed E-state index contributed by atoms with van der Waals surface area (Å²) in [4.78, 5) is 18.7. The number of rotatable bonds is 3. The number of carbonyl (C=O) groups is 1. The minimum Gasteiger partial charge on any atom is -0.346 e. The van der Waals surface area contributed by atoms with Gasteiger partial charge in [0.05, 0.1) is 0 Å². The van der Waals surface area contributed by atoms with Crippen molar-refractivity contribution in [3.63, 3.8) is 0 Å². The molecule has 0 aromatic carbocycles. The van der Waals surface area contributed by atoms with Gasteiger partial charge in [0.1, 0.15) is 5.69 Å². The highest BCUT2D eigenvalue weighted by Crippen LogP contribution is 2.20. The van der Waals surface area contributed by atoms with Crippen LogP contribution >= 0.6 is 36.2 Å². The summed E-state index contributed by atoms with van der Waals surface area (Å²) >= 11 is 1.55. The Morgan fingerprint density at radius 1 is 1.19 bits per heavy atom. The molecule has 2 fully saturated rings. The lowest BCUT2D eigenvalue weighted by atomic mass is 10.4. The zero-order chi connectivity index (χ0) is 13.1. The maximum atomic E-state index is 12.1. The van der Waals surface area contributed by atoms with E-state index in [4.69, 9.17) is 0 Å². The summed E-state index contributed by atoms with van der Waals surface area (Å²) in [5.41, 5.74) is 3.45. The summed E-state index contributed by atoms with van der Waals surface area (Å²) in [6, 6.07) is 0. The Morgan fingerprint density at radius 3 is 2.52 bits per heavy atom. The molecule has 0 radical (unpaired) electrons. The van der Waals surface area contributed by atoms with E-state index in [1.165, 1.54) is 0 Å². The molecule has 9 heteroatoms. The number of halogens is 2. The molecule has 3 rings (SSSR count). The van der Waals surface area contributed by atoms with E-state index in [2.05, 4.69) is 20.6 Å². The minimum absolute atomic E-state index is 0. The van der Waals surface area contributed by atoms with Gasteiger partial charge < -0.3 is 10.2 Å². The lowest BCUT2D eigenvalue weighted by molar-refractivity contribution is 0.0821. The number of hydrogen-bond donors (Lipinski definition) is 2. The van der Waals surface area contributed by atoms with Gasteiger partial charge in [-0.1, -0.05) is 0 Å². The lowest BCUT2D eigenvalue weighted by Gasteiger charge is -2.26. The van der Waals surface area contributed by atoms with E-state index < -0.39 is 0 Å². The van der Waals surface area contributed by atoms with Crippen LogP contribution in [0.25, 0.3) is 0 Å². The first-order chi connectivity index (χ1) is 9.33. The standard InChI is InChI=1S/C12H19N5OS.2ClH/c18-11(15-17-5-1-2-6-17)10-9-19-12(14-10)16-7-3-13-4-8-16;;/h9,13H,1-8H2,(H,15,18);2*1H. The predicted molar refractivity (Wildman–Crippen MR) is 90.0 cm³/mol. The second-order valence-corrected chi connectivity index (χ2v) is 5.72. The maximum absolute atomic E-state index is 12.1. The van der Waals surface area contributed by atoms with E-state index in [0.717, 1.165) is 57.2 Å². The molecule has 0 saturated carbocycles. The van der Waals surface area contributed by atoms with Crippen molar-refractivity contribution >= 4 is 47.2 Å². The molecule has 6 nitrogen and oxygen atoms in total. The van der Waals surface area contributed by atoms with Gasteiger partial charge in [-0.2, -0.15) is 0 Å². The van der Waals surface area contributed by atoms with E-state index in [1.807, 2.05) is 10.4 Å². The summed E-state index contributed by atoms with van der Waals surface area (Å²) in [7, 11) is 0. The highest BCUT2D eigenvalue weighted by atomic mass is 35.5. The monoisotopic (exact) mass is 353 g/mol. The number of hydrazine groups is 1. The fraction of sp³-hybridized carbons (Fsp3) is 0.667. The molecule has 3 heterocycles. The number of nitrogens with one attached hydrogen (secondary N) is 2. The Hall–Kier alpha value is -0.600. The molecule has 1 aromatic heterocycles. The number of anilines is 1. The van der Waals surface area contributed by atoms with Crippen LogP contribution < -0.4 is 15.6 Å². The number of hydrogen-bond acceptors (Lipinski definition) is 6. The Balaban J connectivity index is 0.00000110. The van der Waals surface area contributed by atoms with Gasteiger partial charge >= 0.3 is 0 Å². The maximum Gasteiger partial charge on any atom is 0.285 e. The third kappa shape index (κ3) is 4.69. The molecular weight excluding hydrogens is 333 g/mol. The predicted octanol–water partition coefficient (Wildman–Crippen LogP) is 1.14. The average Bonchev–Trinajstić information content (AvgIpc) is 3.10. The SMILES string of the molecule is Cl.Cl.O=C(NN1CCCC1)c1csc(N2CCNCC2)n1. The van der Waals surface area contributed by atoms with E-state index >= 15 is 0 Å². The highest BCUT2D eigenvalue weighted by molar-refractivity contribution is 7.13. The molecule has 0 spiro atoms. The van der Waals surface area contributed by atoms with Gasteiger partial charge in [0.2, 0.25) is 0 Å². The number of amides is 1. The van der Waals surface area contributed by atoms with E-state index in [0.29, 0.717) is 5.69 Å². The van der Waals surface area contributed by atoms with Crippen molar-refractivity contribution in [3.05, 3.63) is 11.1 Å². The molecule has 2 saturated heterocycles. The van der Waals surface area contributed by atoms with Crippen molar-refractivity contribution in [1.29, 1.82) is 0 Å². The van der Waals surface area contributed by atoms with E-state index in [1.54, 1.807) is 11.3 Å². The quantitative estimate of drug-likeness (QED) is 0.853. The van der Waals surface area contributed by atoms with Gasteiger partial charge in [0.25, 0.3) is 5.91 Å². The Bertz CT molecular complexity index is 447. The van der Waals surface area contributed by atoms with Crippen LogP contribution in [0.5, 0.6) is 0 Å². The molecule has 1 amide bonds. The zero-order valence-electron chi connectivity index (χ0n) is 11.7. The molecule has 0 aliphatic carbocycles. The Labute approximate surface area is 141 Å². The topological polar surface area (TPSA) is 60.5 Å². The third-order valence-electron chi connectivity index (χ3n) is 3.48. The number of thiazole rings is 1. The fourth-order valence-electron chi connectivity index (χ4n) is 2.40. The molecule has 120 valence electrons. The second kappa shape index (κ2) is 8.75. The first kappa shape index (κ1) is 18.4. The normalized spacial score (nSPS) is 18.8. The summed E-state index contributed by atoms with van der Waals surface area (Å²) in [5, 5.41) is 8.09. The van der Waals surface area contributed by atoms with Crippen LogP contribution in [0, 0.1) is 0 Å². The van der Waals surface area contributed by atoms with E-state index in [-0.39, 0.29) is 30.7 Å². The third-order valence-corrected chi connectivity index (χ3v) is 4.38. The van der Waals surface area contributed by atoms with E-state index in [9.17, 15) is 4.79 Å². The summed E-state index contributed by atoms with van der Waals surface area (Å²) < 4.78 is 0. The summed E-state index contributed by atoms with van der Waals surface area (Å²) in [6.07, 6.45) is 2.31. The van der Waals surface area contributed by atoms with Gasteiger partial charge in [-0.3, -0.25) is 10.2 Å². The van der Waals surface area contributed by atoms with Crippen LogP contribution in [0.1, 0.15) is 23.3 Å². The lowest BCUT2D eigenvalue weighted by Crippen LogP contribution is -2.43. The van der Waals surface area contributed by atoms with Crippen molar-refractivity contribution in [2.24, 2.45) is 0 Å². The zero-order valence-corrected chi connectivity index (χ0v) is 14.2. The summed E-state index contributed by atoms with van der Waals surface area (Å²) in [5.74, 6) is -0.0838. The minimum atomic E-state index is -0.0838. The number of aromatic nitrogens is 1. The van der Waals surface area contributed by atoms with Crippen molar-refractivity contribution < 1.29 is 4.79 Å². The molecule has 0 atom stereocenters. The van der Waals surface area contributed by atoms with Crippen LogP contribution in [0.2, 0.25) is 0 Å². The van der Waals surface area contributed by atoms with Gasteiger partial charge in [-0.05, 0) is 12.8 Å². The van der Waals surface area contributed by atoms with Crippen LogP contribution in [-0.2, 0) is 0 Å². The second-order valence-electron chi connectivity index (χ2n) is 4.89. The molecule has 2 N–H and O–H groups in total. The van der Waals surface area contributed by atoms with Gasteiger partial charge in [0.15, 0.2) is 5.13 Å². The van der Waals surface area contributed by atoms with Gasteiger partial charge in [-0.25, -0.2) is 9.99 Å². The molecule has 21 heavy (non-hydrogen) atoms. The Morgan fingerprint density at radius 2 is 1.86 bits per heavy atom. The fourth-order valence-corrected chi connectivity index (χ4v) is 3.26. The smallest absolute Gasteiger partial charge is 0.285 e. The van der Waals surface area contributed by atoms with Crippen molar-refractivity contribution in [3.8, 4) is 0 Å². The molecule has 0 bridgehead atoms. The van der Waals surface area contributed by atoms with Crippen LogP contribution in [-0.4, -0.2) is 55.2 Å². The first-order valence-electron chi connectivity index (χ1n) is 6.80. The summed E-state index contributed by atoms with van der Waals surface area (Å²) in [6.45, 7) is 5.77. The molecule has 1 aromatic rings. The molecular formula is C12H21Cl2N5OS.